The molecule has 2 aliphatic rings. The average Bonchev–Trinajstić information content (AvgIpc) is 2.57. The van der Waals surface area contributed by atoms with Crippen LogP contribution in [-0.4, -0.2) is 33.3 Å². The monoisotopic (exact) mass is 426 g/mol. The number of benzene rings is 1. The Balaban J connectivity index is 2.27. The summed E-state index contributed by atoms with van der Waals surface area (Å²) in [7, 11) is 0. The van der Waals surface area contributed by atoms with Crippen LogP contribution in [0.15, 0.2) is 29.5 Å². The van der Waals surface area contributed by atoms with E-state index < -0.39 is 22.7 Å². The first kappa shape index (κ1) is 22.9. The molecule has 0 bridgehead atoms. The van der Waals surface area contributed by atoms with Gasteiger partial charge in [0.2, 0.25) is 0 Å². The van der Waals surface area contributed by atoms with Gasteiger partial charge in [-0.2, -0.15) is 0 Å². The molecule has 0 saturated heterocycles. The highest BCUT2D eigenvalue weighted by molar-refractivity contribution is 6.10. The fraction of sp³-hybridized carbons (Fsp3) is 0.520. The summed E-state index contributed by atoms with van der Waals surface area (Å²) < 4.78 is 0. The van der Waals surface area contributed by atoms with E-state index in [1.807, 2.05) is 27.7 Å². The maximum Gasteiger partial charge on any atom is 0.163 e. The van der Waals surface area contributed by atoms with E-state index in [1.165, 1.54) is 25.1 Å². The molecule has 0 heterocycles. The van der Waals surface area contributed by atoms with Gasteiger partial charge in [0.1, 0.15) is 23.1 Å². The lowest BCUT2D eigenvalue weighted by molar-refractivity contribution is -0.140. The number of carbonyl (C=O) groups excluding carboxylic acids is 4. The quantitative estimate of drug-likeness (QED) is 0.544. The predicted octanol–water partition coefficient (Wildman–Crippen LogP) is 4.45. The Hall–Kier alpha value is -2.76. The largest absolute Gasteiger partial charge is 0.512 e. The smallest absolute Gasteiger partial charge is 0.163 e. The number of ketones is 4. The highest BCUT2D eigenvalue weighted by Gasteiger charge is 2.49. The summed E-state index contributed by atoms with van der Waals surface area (Å²) in [5, 5.41) is 20.8. The number of Topliss-reactive ketones (excluding diaryl/α,β-unsaturated/α-hetero) is 4. The van der Waals surface area contributed by atoms with Crippen molar-refractivity contribution in [1.29, 1.82) is 0 Å². The number of phenolic OH excluding ortho intramolecular Hbond substituents is 1. The number of aliphatic hydroxyl groups excluding tert-OH is 1. The van der Waals surface area contributed by atoms with Crippen molar-refractivity contribution in [3.05, 3.63) is 40.7 Å². The lowest BCUT2D eigenvalue weighted by Gasteiger charge is -2.39. The summed E-state index contributed by atoms with van der Waals surface area (Å²) in [5.41, 5.74) is -0.447. The van der Waals surface area contributed by atoms with E-state index in [-0.39, 0.29) is 71.5 Å². The van der Waals surface area contributed by atoms with Crippen molar-refractivity contribution >= 4 is 23.1 Å². The maximum atomic E-state index is 13.2. The topological polar surface area (TPSA) is 109 Å². The lowest BCUT2D eigenvalue weighted by Crippen LogP contribution is -2.43. The Morgan fingerprint density at radius 3 is 2.00 bits per heavy atom. The molecular formula is C25H30O6. The number of allylic oxidation sites excluding steroid dienone is 2. The highest BCUT2D eigenvalue weighted by atomic mass is 16.3. The fourth-order valence-electron chi connectivity index (χ4n) is 5.05. The molecule has 1 aromatic rings. The summed E-state index contributed by atoms with van der Waals surface area (Å²) >= 11 is 0. The standard InChI is InChI=1S/C25H30O6/c1-13(26)16-8-14(27)6-7-15(16)21(22-17(28)9-24(2,3)10-18(22)29)23-19(30)11-25(4,5)12-20(23)31/h6-8,21-22,27,30H,9-12H2,1-5H3/t21-/m0/s1. The number of hydrogen-bond acceptors (Lipinski definition) is 6. The molecule has 0 unspecified atom stereocenters. The number of aromatic hydroxyl groups is 1. The van der Waals surface area contributed by atoms with E-state index in [4.69, 9.17) is 0 Å². The minimum Gasteiger partial charge on any atom is -0.512 e. The molecule has 2 aliphatic carbocycles. The third-order valence-corrected chi connectivity index (χ3v) is 6.29. The molecule has 2 N–H and O–H groups in total. The van der Waals surface area contributed by atoms with Gasteiger partial charge in [-0.3, -0.25) is 19.2 Å². The molecule has 1 aromatic carbocycles. The number of rotatable bonds is 4. The molecule has 0 amide bonds. The molecule has 1 saturated carbocycles. The van der Waals surface area contributed by atoms with Crippen molar-refractivity contribution in [3.63, 3.8) is 0 Å². The van der Waals surface area contributed by atoms with Gasteiger partial charge >= 0.3 is 0 Å². The first-order valence-electron chi connectivity index (χ1n) is 10.6. The Kier molecular flexibility index (Phi) is 5.72. The minimum absolute atomic E-state index is 0.0407. The van der Waals surface area contributed by atoms with E-state index in [1.54, 1.807) is 0 Å². The Bertz CT molecular complexity index is 991. The third kappa shape index (κ3) is 4.48. The first-order valence-corrected chi connectivity index (χ1v) is 10.6. The molecule has 1 atom stereocenters. The Morgan fingerprint density at radius 1 is 0.935 bits per heavy atom. The molecule has 166 valence electrons. The molecule has 31 heavy (non-hydrogen) atoms. The van der Waals surface area contributed by atoms with Gasteiger partial charge in [-0.1, -0.05) is 33.8 Å². The van der Waals surface area contributed by atoms with Crippen molar-refractivity contribution in [1.82, 2.24) is 0 Å². The Labute approximate surface area is 182 Å². The van der Waals surface area contributed by atoms with Crippen LogP contribution in [0.4, 0.5) is 0 Å². The third-order valence-electron chi connectivity index (χ3n) is 6.29. The zero-order chi connectivity index (χ0) is 23.3. The molecule has 6 heteroatoms. The van der Waals surface area contributed by atoms with Crippen LogP contribution in [-0.2, 0) is 14.4 Å². The summed E-state index contributed by atoms with van der Waals surface area (Å²) in [6, 6.07) is 4.12. The second kappa shape index (κ2) is 7.74. The molecule has 0 aromatic heterocycles. The van der Waals surface area contributed by atoms with Crippen LogP contribution in [0.5, 0.6) is 5.75 Å². The van der Waals surface area contributed by atoms with Crippen molar-refractivity contribution in [3.8, 4) is 5.75 Å². The van der Waals surface area contributed by atoms with Gasteiger partial charge < -0.3 is 10.2 Å². The van der Waals surface area contributed by atoms with Gasteiger partial charge in [-0.25, -0.2) is 0 Å². The van der Waals surface area contributed by atoms with Gasteiger partial charge in [-0.05, 0) is 35.4 Å². The van der Waals surface area contributed by atoms with E-state index in [0.717, 1.165) is 0 Å². The summed E-state index contributed by atoms with van der Waals surface area (Å²) in [4.78, 5) is 52.0. The molecule has 6 nitrogen and oxygen atoms in total. The summed E-state index contributed by atoms with van der Waals surface area (Å²) in [6.07, 6.45) is 0.734. The predicted molar refractivity (Wildman–Crippen MR) is 115 cm³/mol. The molecule has 0 spiro atoms. The van der Waals surface area contributed by atoms with Crippen LogP contribution in [0.1, 0.15) is 82.1 Å². The normalized spacial score (nSPS) is 22.5. The summed E-state index contributed by atoms with van der Waals surface area (Å²) in [6.45, 7) is 8.76. The van der Waals surface area contributed by atoms with Crippen molar-refractivity contribution in [2.24, 2.45) is 16.7 Å². The minimum atomic E-state index is -1.15. The van der Waals surface area contributed by atoms with E-state index in [9.17, 15) is 29.4 Å². The highest BCUT2D eigenvalue weighted by Crippen LogP contribution is 2.48. The van der Waals surface area contributed by atoms with Gasteiger partial charge in [0.05, 0.1) is 5.92 Å². The van der Waals surface area contributed by atoms with Gasteiger partial charge in [-0.15, -0.1) is 0 Å². The second-order valence-corrected chi connectivity index (χ2v) is 10.5. The van der Waals surface area contributed by atoms with Crippen LogP contribution in [0.2, 0.25) is 0 Å². The van der Waals surface area contributed by atoms with Crippen LogP contribution in [0.3, 0.4) is 0 Å². The molecule has 1 fully saturated rings. The van der Waals surface area contributed by atoms with Gasteiger partial charge in [0.25, 0.3) is 0 Å². The maximum absolute atomic E-state index is 13.2. The zero-order valence-electron chi connectivity index (χ0n) is 18.7. The van der Waals surface area contributed by atoms with Gasteiger partial charge in [0, 0.05) is 42.7 Å². The van der Waals surface area contributed by atoms with Crippen LogP contribution in [0, 0.1) is 16.7 Å². The number of phenols is 1. The SMILES string of the molecule is CC(=O)c1cc(O)ccc1[C@H](C1=C(O)CC(C)(C)CC1=O)C1C(=O)CC(C)(C)CC1=O. The van der Waals surface area contributed by atoms with E-state index in [0.29, 0.717) is 5.56 Å². The van der Waals surface area contributed by atoms with Gasteiger partial charge in [0.15, 0.2) is 11.6 Å². The fourth-order valence-corrected chi connectivity index (χ4v) is 5.05. The molecule has 0 radical (unpaired) electrons. The van der Waals surface area contributed by atoms with Crippen LogP contribution < -0.4 is 0 Å². The van der Waals surface area contributed by atoms with Crippen molar-refractivity contribution < 1.29 is 29.4 Å². The van der Waals surface area contributed by atoms with E-state index in [2.05, 4.69) is 0 Å². The summed E-state index contributed by atoms with van der Waals surface area (Å²) in [5.74, 6) is -3.78. The van der Waals surface area contributed by atoms with E-state index >= 15 is 0 Å². The zero-order valence-corrected chi connectivity index (χ0v) is 18.7. The molecule has 0 aliphatic heterocycles. The second-order valence-electron chi connectivity index (χ2n) is 10.5. The van der Waals surface area contributed by atoms with Crippen LogP contribution >= 0.6 is 0 Å². The number of carbonyl (C=O) groups is 4. The number of hydrogen-bond donors (Lipinski definition) is 2. The molecule has 3 rings (SSSR count). The average molecular weight is 427 g/mol. The van der Waals surface area contributed by atoms with Crippen molar-refractivity contribution in [2.45, 2.75) is 66.2 Å². The lowest BCUT2D eigenvalue weighted by atomic mass is 9.62. The Morgan fingerprint density at radius 2 is 1.48 bits per heavy atom. The van der Waals surface area contributed by atoms with Crippen LogP contribution in [0.25, 0.3) is 0 Å². The number of aliphatic hydroxyl groups is 1. The van der Waals surface area contributed by atoms with Crippen molar-refractivity contribution in [2.75, 3.05) is 0 Å². The first-order chi connectivity index (χ1) is 14.2. The molecular weight excluding hydrogens is 396 g/mol.